The first-order valence-electron chi connectivity index (χ1n) is 8.81. The Kier molecular flexibility index (Phi) is 5.30. The highest BCUT2D eigenvalue weighted by Crippen LogP contribution is 2.21. The van der Waals surface area contributed by atoms with E-state index in [1.807, 2.05) is 12.1 Å². The highest BCUT2D eigenvalue weighted by Gasteiger charge is 2.14. The number of pyridine rings is 1. The van der Waals surface area contributed by atoms with Gasteiger partial charge in [0, 0.05) is 22.3 Å². The molecule has 0 saturated heterocycles. The summed E-state index contributed by atoms with van der Waals surface area (Å²) in [4.78, 5) is 18.2. The third-order valence-electron chi connectivity index (χ3n) is 4.49. The number of hydrogen-bond donors (Lipinski definition) is 1. The SMILES string of the molecule is C[NH+](Cc1ccc(C(C)(C)C)cc1)Cc1cc(=O)n2cc(Br)ccc2n1. The summed E-state index contributed by atoms with van der Waals surface area (Å²) >= 11 is 3.39. The van der Waals surface area contributed by atoms with Crippen molar-refractivity contribution in [3.05, 3.63) is 80.3 Å². The molecule has 3 aromatic rings. The predicted molar refractivity (Wildman–Crippen MR) is 109 cm³/mol. The van der Waals surface area contributed by atoms with Gasteiger partial charge in [0.05, 0.1) is 7.05 Å². The molecule has 1 unspecified atom stereocenters. The zero-order valence-electron chi connectivity index (χ0n) is 15.7. The molecule has 4 nitrogen and oxygen atoms in total. The van der Waals surface area contributed by atoms with Gasteiger partial charge in [-0.15, -0.1) is 0 Å². The minimum Gasteiger partial charge on any atom is -0.329 e. The molecule has 26 heavy (non-hydrogen) atoms. The van der Waals surface area contributed by atoms with Crippen LogP contribution in [0.4, 0.5) is 0 Å². The predicted octanol–water partition coefficient (Wildman–Crippen LogP) is 2.97. The van der Waals surface area contributed by atoms with Crippen molar-refractivity contribution in [2.75, 3.05) is 7.05 Å². The smallest absolute Gasteiger partial charge is 0.258 e. The van der Waals surface area contributed by atoms with E-state index in [1.165, 1.54) is 16.0 Å². The first-order valence-corrected chi connectivity index (χ1v) is 9.60. The molecular weight excluding hydrogens is 390 g/mol. The van der Waals surface area contributed by atoms with Crippen molar-refractivity contribution < 1.29 is 4.90 Å². The lowest BCUT2D eigenvalue weighted by molar-refractivity contribution is -0.908. The fraction of sp³-hybridized carbons (Fsp3) is 0.333. The van der Waals surface area contributed by atoms with Gasteiger partial charge in [0.25, 0.3) is 5.56 Å². The molecule has 3 rings (SSSR count). The Balaban J connectivity index is 1.74. The van der Waals surface area contributed by atoms with Crippen molar-refractivity contribution in [1.82, 2.24) is 9.38 Å². The number of nitrogens with one attached hydrogen (secondary N) is 1. The summed E-state index contributed by atoms with van der Waals surface area (Å²) in [6.07, 6.45) is 1.75. The van der Waals surface area contributed by atoms with E-state index in [-0.39, 0.29) is 11.0 Å². The topological polar surface area (TPSA) is 38.8 Å². The number of nitrogens with zero attached hydrogens (tertiary/aromatic N) is 2. The summed E-state index contributed by atoms with van der Waals surface area (Å²) < 4.78 is 2.43. The van der Waals surface area contributed by atoms with E-state index in [0.29, 0.717) is 12.2 Å². The van der Waals surface area contributed by atoms with E-state index in [1.54, 1.807) is 16.7 Å². The second-order valence-electron chi connectivity index (χ2n) is 7.92. The Labute approximate surface area is 162 Å². The molecule has 2 heterocycles. The van der Waals surface area contributed by atoms with Crippen LogP contribution in [0.5, 0.6) is 0 Å². The maximum Gasteiger partial charge on any atom is 0.258 e. The van der Waals surface area contributed by atoms with Crippen molar-refractivity contribution in [3.8, 4) is 0 Å². The summed E-state index contributed by atoms with van der Waals surface area (Å²) in [5.74, 6) is 0. The molecule has 0 bridgehead atoms. The number of quaternary nitrogens is 1. The van der Waals surface area contributed by atoms with Crippen LogP contribution in [0.1, 0.15) is 37.6 Å². The van der Waals surface area contributed by atoms with Crippen LogP contribution in [0.25, 0.3) is 5.65 Å². The van der Waals surface area contributed by atoms with Crippen molar-refractivity contribution in [2.24, 2.45) is 0 Å². The Morgan fingerprint density at radius 3 is 2.42 bits per heavy atom. The number of hydrogen-bond acceptors (Lipinski definition) is 2. The molecule has 0 fully saturated rings. The normalized spacial score (nSPS) is 13.1. The van der Waals surface area contributed by atoms with E-state index in [9.17, 15) is 4.79 Å². The summed E-state index contributed by atoms with van der Waals surface area (Å²) in [6, 6.07) is 14.2. The molecule has 1 atom stereocenters. The monoisotopic (exact) mass is 414 g/mol. The van der Waals surface area contributed by atoms with Crippen molar-refractivity contribution in [2.45, 2.75) is 39.3 Å². The van der Waals surface area contributed by atoms with Gasteiger partial charge in [-0.1, -0.05) is 45.0 Å². The molecule has 5 heteroatoms. The molecule has 136 valence electrons. The number of benzene rings is 1. The average molecular weight is 415 g/mol. The quantitative estimate of drug-likeness (QED) is 0.712. The molecule has 1 N–H and O–H groups in total. The molecule has 0 aliphatic heterocycles. The molecule has 2 aromatic heterocycles. The van der Waals surface area contributed by atoms with Gasteiger partial charge >= 0.3 is 0 Å². The van der Waals surface area contributed by atoms with Gasteiger partial charge in [0.15, 0.2) is 0 Å². The Hall–Kier alpha value is -1.98. The van der Waals surface area contributed by atoms with E-state index >= 15 is 0 Å². The second-order valence-corrected chi connectivity index (χ2v) is 8.83. The fourth-order valence-corrected chi connectivity index (χ4v) is 3.40. The van der Waals surface area contributed by atoms with Gasteiger partial charge in [-0.25, -0.2) is 4.98 Å². The lowest BCUT2D eigenvalue weighted by atomic mass is 9.87. The summed E-state index contributed by atoms with van der Waals surface area (Å²) in [5, 5.41) is 0. The van der Waals surface area contributed by atoms with Crippen LogP contribution in [0.2, 0.25) is 0 Å². The Morgan fingerprint density at radius 2 is 1.77 bits per heavy atom. The van der Waals surface area contributed by atoms with Crippen LogP contribution in [-0.2, 0) is 18.5 Å². The third-order valence-corrected chi connectivity index (χ3v) is 4.95. The Bertz CT molecular complexity index is 971. The summed E-state index contributed by atoms with van der Waals surface area (Å²) in [7, 11) is 2.13. The first kappa shape index (κ1) is 18.8. The molecule has 0 radical (unpaired) electrons. The van der Waals surface area contributed by atoms with E-state index in [4.69, 9.17) is 0 Å². The molecule has 0 spiro atoms. The summed E-state index contributed by atoms with van der Waals surface area (Å²) in [6.45, 7) is 8.28. The minimum absolute atomic E-state index is 0.0476. The van der Waals surface area contributed by atoms with E-state index in [2.05, 4.69) is 73.0 Å². The van der Waals surface area contributed by atoms with Gasteiger partial charge in [-0.2, -0.15) is 0 Å². The first-order chi connectivity index (χ1) is 12.2. The van der Waals surface area contributed by atoms with Crippen LogP contribution in [0, 0.1) is 0 Å². The van der Waals surface area contributed by atoms with E-state index in [0.717, 1.165) is 16.7 Å². The minimum atomic E-state index is -0.0476. The number of fused-ring (bicyclic) bond motifs is 1. The summed E-state index contributed by atoms with van der Waals surface area (Å²) in [5.41, 5.74) is 4.25. The highest BCUT2D eigenvalue weighted by atomic mass is 79.9. The highest BCUT2D eigenvalue weighted by molar-refractivity contribution is 9.10. The van der Waals surface area contributed by atoms with Crippen LogP contribution in [0.3, 0.4) is 0 Å². The van der Waals surface area contributed by atoms with Gasteiger partial charge in [0.2, 0.25) is 0 Å². The number of halogens is 1. The average Bonchev–Trinajstić information content (AvgIpc) is 2.55. The molecule has 0 aliphatic carbocycles. The van der Waals surface area contributed by atoms with Crippen LogP contribution in [0.15, 0.2) is 57.9 Å². The molecule has 0 saturated carbocycles. The lowest BCUT2D eigenvalue weighted by Crippen LogP contribution is -3.06. The largest absolute Gasteiger partial charge is 0.329 e. The van der Waals surface area contributed by atoms with Crippen LogP contribution >= 0.6 is 15.9 Å². The maximum absolute atomic E-state index is 12.3. The zero-order valence-corrected chi connectivity index (χ0v) is 17.3. The Morgan fingerprint density at radius 1 is 1.08 bits per heavy atom. The number of aromatic nitrogens is 2. The molecular formula is C21H25BrN3O+. The van der Waals surface area contributed by atoms with Crippen LogP contribution in [-0.4, -0.2) is 16.4 Å². The van der Waals surface area contributed by atoms with Gasteiger partial charge in [-0.05, 0) is 39.0 Å². The standard InChI is InChI=1S/C21H24BrN3O/c1-21(2,3)16-7-5-15(6-8-16)12-24(4)14-18-11-20(26)25-13-17(22)9-10-19(25)23-18/h5-11,13H,12,14H2,1-4H3/p+1. The fourth-order valence-electron chi connectivity index (χ4n) is 3.06. The lowest BCUT2D eigenvalue weighted by Gasteiger charge is -2.20. The van der Waals surface area contributed by atoms with Gasteiger partial charge < -0.3 is 4.90 Å². The molecule has 1 aromatic carbocycles. The van der Waals surface area contributed by atoms with Gasteiger partial charge in [-0.3, -0.25) is 9.20 Å². The maximum atomic E-state index is 12.3. The molecule has 0 amide bonds. The zero-order chi connectivity index (χ0) is 18.9. The van der Waals surface area contributed by atoms with Crippen molar-refractivity contribution >= 4 is 21.6 Å². The third kappa shape index (κ3) is 4.40. The van der Waals surface area contributed by atoms with Gasteiger partial charge in [0.1, 0.15) is 24.4 Å². The van der Waals surface area contributed by atoms with E-state index < -0.39 is 0 Å². The molecule has 0 aliphatic rings. The number of rotatable bonds is 4. The van der Waals surface area contributed by atoms with Crippen LogP contribution < -0.4 is 10.5 Å². The van der Waals surface area contributed by atoms with Crippen molar-refractivity contribution in [3.63, 3.8) is 0 Å². The van der Waals surface area contributed by atoms with Crippen molar-refractivity contribution in [1.29, 1.82) is 0 Å². The second kappa shape index (κ2) is 7.33.